The van der Waals surface area contributed by atoms with Crippen LogP contribution in [-0.2, 0) is 14.8 Å². The molecule has 1 unspecified atom stereocenters. The lowest BCUT2D eigenvalue weighted by molar-refractivity contribution is 0.153. The van der Waals surface area contributed by atoms with Gasteiger partial charge in [-0.2, -0.15) is 0 Å². The highest BCUT2D eigenvalue weighted by atomic mass is 32.2. The van der Waals surface area contributed by atoms with Crippen molar-refractivity contribution >= 4 is 21.4 Å². The molecule has 0 spiro atoms. The average molecular weight is 289 g/mol. The molecule has 1 aromatic carbocycles. The van der Waals surface area contributed by atoms with E-state index in [0.717, 1.165) is 0 Å². The van der Waals surface area contributed by atoms with Crippen molar-refractivity contribution in [3.63, 3.8) is 0 Å². The van der Waals surface area contributed by atoms with Gasteiger partial charge < -0.3 is 20.9 Å². The summed E-state index contributed by atoms with van der Waals surface area (Å²) in [6, 6.07) is 4.21. The molecule has 108 valence electrons. The summed E-state index contributed by atoms with van der Waals surface area (Å²) in [6.45, 7) is 0.220. The molecule has 5 N–H and O–H groups in total. The van der Waals surface area contributed by atoms with E-state index in [1.807, 2.05) is 0 Å². The Hall–Kier alpha value is -1.35. The van der Waals surface area contributed by atoms with Gasteiger partial charge in [0.15, 0.2) is 0 Å². The maximum absolute atomic E-state index is 11.6. The van der Waals surface area contributed by atoms with Crippen LogP contribution in [0.5, 0.6) is 0 Å². The molecule has 0 heterocycles. The molecule has 0 radical (unpaired) electrons. The third-order valence-corrected chi connectivity index (χ3v) is 4.02. The van der Waals surface area contributed by atoms with Crippen LogP contribution in [-0.4, -0.2) is 46.9 Å². The van der Waals surface area contributed by atoms with Gasteiger partial charge >= 0.3 is 0 Å². The molecule has 0 aliphatic carbocycles. The number of nitrogens with one attached hydrogen (secondary N) is 2. The summed E-state index contributed by atoms with van der Waals surface area (Å²) in [4.78, 5) is 0.0211. The number of nitrogens with two attached hydrogens (primary N) is 1. The van der Waals surface area contributed by atoms with Crippen molar-refractivity contribution < 1.29 is 18.3 Å². The number of anilines is 2. The molecular formula is C11H19N3O4S. The van der Waals surface area contributed by atoms with Crippen LogP contribution in [0.25, 0.3) is 0 Å². The first-order chi connectivity index (χ1) is 8.94. The van der Waals surface area contributed by atoms with E-state index in [2.05, 4.69) is 10.0 Å². The minimum absolute atomic E-state index is 0.0211. The number of methoxy groups -OCH3 is 1. The maximum Gasteiger partial charge on any atom is 0.242 e. The molecule has 1 atom stereocenters. The molecule has 0 aliphatic rings. The van der Waals surface area contributed by atoms with Crippen molar-refractivity contribution in [1.29, 1.82) is 0 Å². The zero-order valence-corrected chi connectivity index (χ0v) is 11.7. The molecule has 0 aromatic heterocycles. The fourth-order valence-electron chi connectivity index (χ4n) is 1.57. The number of sulfonamides is 1. The number of ether oxygens (including phenoxy) is 1. The van der Waals surface area contributed by atoms with Gasteiger partial charge in [-0.05, 0) is 25.2 Å². The summed E-state index contributed by atoms with van der Waals surface area (Å²) in [5.74, 6) is 0. The van der Waals surface area contributed by atoms with Crippen molar-refractivity contribution in [2.75, 3.05) is 38.4 Å². The number of rotatable bonds is 7. The van der Waals surface area contributed by atoms with E-state index in [1.54, 1.807) is 6.07 Å². The van der Waals surface area contributed by atoms with E-state index in [0.29, 0.717) is 12.3 Å². The molecule has 0 amide bonds. The standard InChI is InChI=1S/C11H19N3O4S/c1-13-19(16,17)11-4-3-8(5-10(11)12)14-9(6-15)7-18-2/h3-5,9,13-15H,6-7,12H2,1-2H3. The molecule has 0 saturated heterocycles. The number of nitrogen functional groups attached to an aromatic ring is 1. The number of aliphatic hydroxyl groups excluding tert-OH is 1. The van der Waals surface area contributed by atoms with Gasteiger partial charge in [-0.15, -0.1) is 0 Å². The van der Waals surface area contributed by atoms with Crippen molar-refractivity contribution in [2.45, 2.75) is 10.9 Å². The molecule has 8 heteroatoms. The average Bonchev–Trinajstić information content (AvgIpc) is 2.38. The summed E-state index contributed by atoms with van der Waals surface area (Å²) < 4.78 is 30.4. The van der Waals surface area contributed by atoms with Crippen LogP contribution in [0.2, 0.25) is 0 Å². The summed E-state index contributed by atoms with van der Waals surface area (Å²) in [5, 5.41) is 12.1. The van der Waals surface area contributed by atoms with Gasteiger partial charge in [0.2, 0.25) is 10.0 Å². The molecule has 0 aliphatic heterocycles. The number of benzene rings is 1. The predicted octanol–water partition coefficient (Wildman–Crippen LogP) is -0.404. The van der Waals surface area contributed by atoms with E-state index < -0.39 is 10.0 Å². The summed E-state index contributed by atoms with van der Waals surface area (Å²) in [6.07, 6.45) is 0. The van der Waals surface area contributed by atoms with Crippen LogP contribution in [0, 0.1) is 0 Å². The molecule has 0 fully saturated rings. The maximum atomic E-state index is 11.6. The number of hydrogen-bond acceptors (Lipinski definition) is 6. The quantitative estimate of drug-likeness (QED) is 0.508. The first-order valence-corrected chi connectivity index (χ1v) is 7.12. The molecule has 0 bridgehead atoms. The second-order valence-electron chi connectivity index (χ2n) is 3.94. The molecular weight excluding hydrogens is 270 g/mol. The third-order valence-electron chi connectivity index (χ3n) is 2.53. The van der Waals surface area contributed by atoms with Crippen molar-refractivity contribution in [3.8, 4) is 0 Å². The zero-order chi connectivity index (χ0) is 14.5. The molecule has 0 saturated carbocycles. The van der Waals surface area contributed by atoms with Crippen LogP contribution < -0.4 is 15.8 Å². The lowest BCUT2D eigenvalue weighted by atomic mass is 10.2. The van der Waals surface area contributed by atoms with Gasteiger partial charge in [0, 0.05) is 12.8 Å². The van der Waals surface area contributed by atoms with Gasteiger partial charge in [-0.3, -0.25) is 0 Å². The lowest BCUT2D eigenvalue weighted by Gasteiger charge is -2.17. The van der Waals surface area contributed by atoms with Crippen LogP contribution in [0.1, 0.15) is 0 Å². The second kappa shape index (κ2) is 6.71. The highest BCUT2D eigenvalue weighted by Crippen LogP contribution is 2.22. The largest absolute Gasteiger partial charge is 0.398 e. The second-order valence-corrected chi connectivity index (χ2v) is 5.79. The Balaban J connectivity index is 2.94. The van der Waals surface area contributed by atoms with Crippen LogP contribution in [0.4, 0.5) is 11.4 Å². The first-order valence-electron chi connectivity index (χ1n) is 5.64. The van der Waals surface area contributed by atoms with E-state index in [-0.39, 0.29) is 23.2 Å². The Kier molecular flexibility index (Phi) is 5.55. The summed E-state index contributed by atoms with van der Waals surface area (Å²) in [5.41, 5.74) is 6.47. The van der Waals surface area contributed by atoms with Crippen molar-refractivity contribution in [1.82, 2.24) is 4.72 Å². The van der Waals surface area contributed by atoms with Crippen LogP contribution >= 0.6 is 0 Å². The van der Waals surface area contributed by atoms with Crippen LogP contribution in [0.15, 0.2) is 23.1 Å². The van der Waals surface area contributed by atoms with Gasteiger partial charge in [0.25, 0.3) is 0 Å². The van der Waals surface area contributed by atoms with Gasteiger partial charge in [0.05, 0.1) is 24.9 Å². The smallest absolute Gasteiger partial charge is 0.242 e. The van der Waals surface area contributed by atoms with Crippen LogP contribution in [0.3, 0.4) is 0 Å². The van der Waals surface area contributed by atoms with Gasteiger partial charge in [-0.25, -0.2) is 13.1 Å². The van der Waals surface area contributed by atoms with E-state index in [1.165, 1.54) is 26.3 Å². The highest BCUT2D eigenvalue weighted by Gasteiger charge is 2.16. The monoisotopic (exact) mass is 289 g/mol. The highest BCUT2D eigenvalue weighted by molar-refractivity contribution is 7.89. The van der Waals surface area contributed by atoms with Gasteiger partial charge in [0.1, 0.15) is 4.90 Å². The molecule has 1 aromatic rings. The lowest BCUT2D eigenvalue weighted by Crippen LogP contribution is -2.28. The SMILES string of the molecule is CNS(=O)(=O)c1ccc(NC(CO)COC)cc1N. The zero-order valence-electron chi connectivity index (χ0n) is 10.9. The summed E-state index contributed by atoms with van der Waals surface area (Å²) in [7, 11) is -0.717. The Morgan fingerprint density at radius 1 is 1.47 bits per heavy atom. The number of aliphatic hydroxyl groups is 1. The van der Waals surface area contributed by atoms with E-state index >= 15 is 0 Å². The van der Waals surface area contributed by atoms with E-state index in [9.17, 15) is 8.42 Å². The Morgan fingerprint density at radius 2 is 2.16 bits per heavy atom. The summed E-state index contributed by atoms with van der Waals surface area (Å²) >= 11 is 0. The van der Waals surface area contributed by atoms with Crippen molar-refractivity contribution in [3.05, 3.63) is 18.2 Å². The molecule has 19 heavy (non-hydrogen) atoms. The normalized spacial score (nSPS) is 13.2. The fraction of sp³-hybridized carbons (Fsp3) is 0.455. The minimum Gasteiger partial charge on any atom is -0.398 e. The molecule has 7 nitrogen and oxygen atoms in total. The number of hydrogen-bond donors (Lipinski definition) is 4. The Morgan fingerprint density at radius 3 is 2.63 bits per heavy atom. The molecule has 1 rings (SSSR count). The third kappa shape index (κ3) is 4.06. The van der Waals surface area contributed by atoms with Crippen molar-refractivity contribution in [2.24, 2.45) is 0 Å². The predicted molar refractivity (Wildman–Crippen MR) is 73.5 cm³/mol. The Bertz CT molecular complexity index is 519. The van der Waals surface area contributed by atoms with E-state index in [4.69, 9.17) is 15.6 Å². The van der Waals surface area contributed by atoms with Gasteiger partial charge in [-0.1, -0.05) is 0 Å². The fourth-order valence-corrected chi connectivity index (χ4v) is 2.41. The minimum atomic E-state index is -3.57. The Labute approximate surface area is 112 Å². The first kappa shape index (κ1) is 15.7. The topological polar surface area (TPSA) is 114 Å².